The molecule has 0 fully saturated rings. The number of nitrogens with two attached hydrogens (primary N) is 1. The standard InChI is InChI=1S/C10H16N4OS/c1-6(2)4-8(15)13-10-7(9(11)16)5-12-14(10)3/h5-6H,4H2,1-3H3,(H2,11,16)(H,13,15). The first-order valence-electron chi connectivity index (χ1n) is 5.03. The molecule has 0 radical (unpaired) electrons. The van der Waals surface area contributed by atoms with E-state index in [1.807, 2.05) is 13.8 Å². The molecule has 1 aromatic heterocycles. The van der Waals surface area contributed by atoms with E-state index in [0.717, 1.165) is 0 Å². The van der Waals surface area contributed by atoms with E-state index in [1.54, 1.807) is 17.9 Å². The van der Waals surface area contributed by atoms with Crippen molar-refractivity contribution < 1.29 is 4.79 Å². The maximum absolute atomic E-state index is 11.6. The van der Waals surface area contributed by atoms with Gasteiger partial charge in [-0.15, -0.1) is 0 Å². The van der Waals surface area contributed by atoms with Crippen molar-refractivity contribution in [1.82, 2.24) is 9.78 Å². The van der Waals surface area contributed by atoms with E-state index in [1.165, 1.54) is 0 Å². The highest BCUT2D eigenvalue weighted by atomic mass is 32.1. The highest BCUT2D eigenvalue weighted by Gasteiger charge is 2.14. The molecule has 1 rings (SSSR count). The van der Waals surface area contributed by atoms with Crippen LogP contribution < -0.4 is 11.1 Å². The average molecular weight is 240 g/mol. The Morgan fingerprint density at radius 2 is 2.31 bits per heavy atom. The predicted octanol–water partition coefficient (Wildman–Crippen LogP) is 1.04. The Morgan fingerprint density at radius 1 is 1.69 bits per heavy atom. The lowest BCUT2D eigenvalue weighted by Crippen LogP contribution is -2.19. The lowest BCUT2D eigenvalue weighted by atomic mass is 10.1. The van der Waals surface area contributed by atoms with Gasteiger partial charge >= 0.3 is 0 Å². The number of amides is 1. The second kappa shape index (κ2) is 5.07. The first kappa shape index (κ1) is 12.6. The fourth-order valence-electron chi connectivity index (χ4n) is 1.32. The minimum absolute atomic E-state index is 0.0592. The Kier molecular flexibility index (Phi) is 4.00. The molecule has 0 saturated carbocycles. The zero-order valence-corrected chi connectivity index (χ0v) is 10.5. The summed E-state index contributed by atoms with van der Waals surface area (Å²) in [6.45, 7) is 3.97. The normalized spacial score (nSPS) is 10.5. The van der Waals surface area contributed by atoms with Crippen LogP contribution in [0.25, 0.3) is 0 Å². The summed E-state index contributed by atoms with van der Waals surface area (Å²) >= 11 is 4.88. The van der Waals surface area contributed by atoms with Crippen molar-refractivity contribution in [3.8, 4) is 0 Å². The second-order valence-corrected chi connectivity index (χ2v) is 4.48. The first-order chi connectivity index (χ1) is 7.41. The molecule has 5 nitrogen and oxygen atoms in total. The zero-order chi connectivity index (χ0) is 12.3. The van der Waals surface area contributed by atoms with Crippen molar-refractivity contribution in [1.29, 1.82) is 0 Å². The average Bonchev–Trinajstić information content (AvgIpc) is 2.46. The minimum Gasteiger partial charge on any atom is -0.389 e. The molecule has 88 valence electrons. The molecule has 0 saturated heterocycles. The van der Waals surface area contributed by atoms with Crippen LogP contribution in [0.1, 0.15) is 25.8 Å². The van der Waals surface area contributed by atoms with Gasteiger partial charge in [0.25, 0.3) is 0 Å². The van der Waals surface area contributed by atoms with Crippen molar-refractivity contribution in [2.45, 2.75) is 20.3 Å². The van der Waals surface area contributed by atoms with Crippen LogP contribution in [-0.2, 0) is 11.8 Å². The lowest BCUT2D eigenvalue weighted by molar-refractivity contribution is -0.116. The van der Waals surface area contributed by atoms with Gasteiger partial charge in [-0.05, 0) is 5.92 Å². The molecule has 0 aliphatic heterocycles. The van der Waals surface area contributed by atoms with Crippen LogP contribution in [0.15, 0.2) is 6.20 Å². The lowest BCUT2D eigenvalue weighted by Gasteiger charge is -2.09. The van der Waals surface area contributed by atoms with Gasteiger partial charge in [0.15, 0.2) is 0 Å². The Morgan fingerprint density at radius 3 is 2.81 bits per heavy atom. The molecular formula is C10H16N4OS. The van der Waals surface area contributed by atoms with Crippen LogP contribution >= 0.6 is 12.2 Å². The van der Waals surface area contributed by atoms with Gasteiger partial charge < -0.3 is 11.1 Å². The van der Waals surface area contributed by atoms with E-state index in [4.69, 9.17) is 18.0 Å². The van der Waals surface area contributed by atoms with E-state index < -0.39 is 0 Å². The topological polar surface area (TPSA) is 72.9 Å². The van der Waals surface area contributed by atoms with Gasteiger partial charge in [0, 0.05) is 13.5 Å². The number of carbonyl (C=O) groups is 1. The number of anilines is 1. The van der Waals surface area contributed by atoms with Crippen molar-refractivity contribution in [2.75, 3.05) is 5.32 Å². The molecule has 0 spiro atoms. The van der Waals surface area contributed by atoms with Crippen LogP contribution in [0.4, 0.5) is 5.82 Å². The van der Waals surface area contributed by atoms with Crippen LogP contribution in [0, 0.1) is 5.92 Å². The number of carbonyl (C=O) groups excluding carboxylic acids is 1. The van der Waals surface area contributed by atoms with E-state index >= 15 is 0 Å². The number of hydrogen-bond acceptors (Lipinski definition) is 3. The van der Waals surface area contributed by atoms with Crippen molar-refractivity contribution in [3.63, 3.8) is 0 Å². The van der Waals surface area contributed by atoms with E-state index in [9.17, 15) is 4.79 Å². The third-order valence-electron chi connectivity index (χ3n) is 2.06. The molecule has 1 aromatic rings. The predicted molar refractivity (Wildman–Crippen MR) is 67.2 cm³/mol. The molecule has 0 atom stereocenters. The number of nitrogens with zero attached hydrogens (tertiary/aromatic N) is 2. The molecule has 0 bridgehead atoms. The molecule has 0 aliphatic rings. The monoisotopic (exact) mass is 240 g/mol. The number of aromatic nitrogens is 2. The van der Waals surface area contributed by atoms with Gasteiger partial charge in [-0.1, -0.05) is 26.1 Å². The summed E-state index contributed by atoms with van der Waals surface area (Å²) in [7, 11) is 1.73. The van der Waals surface area contributed by atoms with E-state index in [-0.39, 0.29) is 10.9 Å². The minimum atomic E-state index is -0.0592. The molecule has 0 aliphatic carbocycles. The number of nitrogens with one attached hydrogen (secondary N) is 1. The number of rotatable bonds is 4. The van der Waals surface area contributed by atoms with Crippen LogP contribution in [0.5, 0.6) is 0 Å². The fraction of sp³-hybridized carbons (Fsp3) is 0.500. The highest BCUT2D eigenvalue weighted by Crippen LogP contribution is 2.14. The van der Waals surface area contributed by atoms with Gasteiger partial charge in [0.1, 0.15) is 10.8 Å². The second-order valence-electron chi connectivity index (χ2n) is 4.04. The maximum atomic E-state index is 11.6. The third kappa shape index (κ3) is 3.03. The van der Waals surface area contributed by atoms with Gasteiger partial charge in [0.2, 0.25) is 5.91 Å². The summed E-state index contributed by atoms with van der Waals surface area (Å²) < 4.78 is 1.55. The van der Waals surface area contributed by atoms with Gasteiger partial charge in [-0.2, -0.15) is 5.10 Å². The van der Waals surface area contributed by atoms with Crippen molar-refractivity contribution in [2.24, 2.45) is 18.7 Å². The fourth-order valence-corrected chi connectivity index (χ4v) is 1.47. The largest absolute Gasteiger partial charge is 0.389 e. The zero-order valence-electron chi connectivity index (χ0n) is 9.65. The van der Waals surface area contributed by atoms with Gasteiger partial charge in [-0.25, -0.2) is 0 Å². The summed E-state index contributed by atoms with van der Waals surface area (Å²) in [4.78, 5) is 11.8. The number of hydrogen-bond donors (Lipinski definition) is 2. The quantitative estimate of drug-likeness (QED) is 0.771. The Balaban J connectivity index is 2.84. The molecule has 16 heavy (non-hydrogen) atoms. The van der Waals surface area contributed by atoms with Gasteiger partial charge in [-0.3, -0.25) is 9.48 Å². The molecule has 1 heterocycles. The van der Waals surface area contributed by atoms with Gasteiger partial charge in [0.05, 0.1) is 11.8 Å². The Hall–Kier alpha value is -1.43. The van der Waals surface area contributed by atoms with E-state index in [0.29, 0.717) is 23.7 Å². The first-order valence-corrected chi connectivity index (χ1v) is 5.44. The Bertz CT molecular complexity index is 411. The molecule has 3 N–H and O–H groups in total. The molecule has 1 amide bonds. The molecule has 6 heteroatoms. The number of aryl methyl sites for hydroxylation is 1. The molecule has 0 unspecified atom stereocenters. The third-order valence-corrected chi connectivity index (χ3v) is 2.28. The maximum Gasteiger partial charge on any atom is 0.225 e. The molecular weight excluding hydrogens is 224 g/mol. The summed E-state index contributed by atoms with van der Waals surface area (Å²) in [6.07, 6.45) is 2.01. The summed E-state index contributed by atoms with van der Waals surface area (Å²) in [5, 5.41) is 6.77. The number of thiocarbonyl (C=S) groups is 1. The highest BCUT2D eigenvalue weighted by molar-refractivity contribution is 7.80. The van der Waals surface area contributed by atoms with Crippen LogP contribution in [0.3, 0.4) is 0 Å². The summed E-state index contributed by atoms with van der Waals surface area (Å²) in [5.41, 5.74) is 6.12. The van der Waals surface area contributed by atoms with E-state index in [2.05, 4.69) is 10.4 Å². The summed E-state index contributed by atoms with van der Waals surface area (Å²) in [5.74, 6) is 0.802. The van der Waals surface area contributed by atoms with Crippen LogP contribution in [0.2, 0.25) is 0 Å². The van der Waals surface area contributed by atoms with Crippen LogP contribution in [-0.4, -0.2) is 20.7 Å². The SMILES string of the molecule is CC(C)CC(=O)Nc1c(C(N)=S)cnn1C. The Labute approximate surface area is 100 Å². The molecule has 0 aromatic carbocycles. The van der Waals surface area contributed by atoms with Crippen molar-refractivity contribution in [3.05, 3.63) is 11.8 Å². The van der Waals surface area contributed by atoms with Crippen molar-refractivity contribution >= 4 is 28.9 Å². The smallest absolute Gasteiger partial charge is 0.225 e. The summed E-state index contributed by atoms with van der Waals surface area (Å²) in [6, 6.07) is 0.